The highest BCUT2D eigenvalue weighted by molar-refractivity contribution is 5.02. The van der Waals surface area contributed by atoms with Crippen LogP contribution in [0.5, 0.6) is 0 Å². The molecular formula is C16H23N5O. The summed E-state index contributed by atoms with van der Waals surface area (Å²) >= 11 is 0. The molecule has 2 aromatic heterocycles. The molecule has 0 aromatic carbocycles. The normalized spacial score (nSPS) is 23.0. The molecule has 0 amide bonds. The number of aryl methyl sites for hydroxylation is 1. The zero-order chi connectivity index (χ0) is 14.9. The van der Waals surface area contributed by atoms with Gasteiger partial charge in [-0.3, -0.25) is 9.58 Å². The van der Waals surface area contributed by atoms with Gasteiger partial charge in [0, 0.05) is 18.2 Å². The molecule has 0 bridgehead atoms. The second-order valence-electron chi connectivity index (χ2n) is 6.68. The van der Waals surface area contributed by atoms with E-state index in [2.05, 4.69) is 37.9 Å². The monoisotopic (exact) mass is 301 g/mol. The Labute approximate surface area is 130 Å². The summed E-state index contributed by atoms with van der Waals surface area (Å²) in [5.41, 5.74) is 1.22. The molecule has 6 nitrogen and oxygen atoms in total. The van der Waals surface area contributed by atoms with Gasteiger partial charge in [0.15, 0.2) is 5.82 Å². The van der Waals surface area contributed by atoms with Crippen molar-refractivity contribution in [3.63, 3.8) is 0 Å². The number of rotatable bonds is 5. The van der Waals surface area contributed by atoms with Gasteiger partial charge in [-0.25, -0.2) is 0 Å². The molecule has 1 atom stereocenters. The minimum Gasteiger partial charge on any atom is -0.339 e. The van der Waals surface area contributed by atoms with Gasteiger partial charge >= 0.3 is 0 Å². The molecule has 3 heterocycles. The molecule has 0 N–H and O–H groups in total. The molecule has 2 fully saturated rings. The lowest BCUT2D eigenvalue weighted by Crippen LogP contribution is -2.41. The van der Waals surface area contributed by atoms with E-state index in [1.807, 2.05) is 6.20 Å². The van der Waals surface area contributed by atoms with Crippen LogP contribution in [0.2, 0.25) is 0 Å². The van der Waals surface area contributed by atoms with Crippen molar-refractivity contribution in [3.05, 3.63) is 29.7 Å². The Morgan fingerprint density at radius 2 is 2.18 bits per heavy atom. The number of hydrogen-bond acceptors (Lipinski definition) is 5. The first-order valence-electron chi connectivity index (χ1n) is 8.33. The molecule has 2 aromatic rings. The minimum absolute atomic E-state index is 0.510. The number of piperidine rings is 1. The summed E-state index contributed by atoms with van der Waals surface area (Å²) in [6.07, 6.45) is 10.2. The summed E-state index contributed by atoms with van der Waals surface area (Å²) in [6, 6.07) is 0.510. The van der Waals surface area contributed by atoms with Crippen LogP contribution in [0.25, 0.3) is 0 Å². The van der Waals surface area contributed by atoms with Crippen molar-refractivity contribution in [3.8, 4) is 0 Å². The van der Waals surface area contributed by atoms with Gasteiger partial charge in [-0.05, 0) is 44.7 Å². The summed E-state index contributed by atoms with van der Waals surface area (Å²) in [6.45, 7) is 4.93. The van der Waals surface area contributed by atoms with Crippen molar-refractivity contribution >= 4 is 0 Å². The molecular weight excluding hydrogens is 278 g/mol. The fourth-order valence-corrected chi connectivity index (χ4v) is 3.27. The molecule has 1 saturated carbocycles. The van der Waals surface area contributed by atoms with Gasteiger partial charge < -0.3 is 4.52 Å². The summed E-state index contributed by atoms with van der Waals surface area (Å²) in [4.78, 5) is 7.06. The van der Waals surface area contributed by atoms with Gasteiger partial charge in [-0.15, -0.1) is 0 Å². The van der Waals surface area contributed by atoms with Crippen molar-refractivity contribution in [1.29, 1.82) is 0 Å². The van der Waals surface area contributed by atoms with Crippen LogP contribution in [-0.4, -0.2) is 37.4 Å². The molecule has 1 aliphatic carbocycles. The second kappa shape index (κ2) is 5.83. The van der Waals surface area contributed by atoms with Crippen molar-refractivity contribution in [2.45, 2.75) is 64.1 Å². The molecule has 1 saturated heterocycles. The van der Waals surface area contributed by atoms with Crippen LogP contribution in [0.3, 0.4) is 0 Å². The van der Waals surface area contributed by atoms with Crippen LogP contribution in [0.1, 0.15) is 55.3 Å². The third kappa shape index (κ3) is 3.06. The van der Waals surface area contributed by atoms with Gasteiger partial charge in [-0.2, -0.15) is 10.1 Å². The van der Waals surface area contributed by atoms with Crippen LogP contribution >= 0.6 is 0 Å². The highest BCUT2D eigenvalue weighted by atomic mass is 16.5. The van der Waals surface area contributed by atoms with Crippen molar-refractivity contribution < 1.29 is 4.52 Å². The van der Waals surface area contributed by atoms with Gasteiger partial charge in [0.05, 0.1) is 19.3 Å². The highest BCUT2D eigenvalue weighted by Crippen LogP contribution is 2.38. The van der Waals surface area contributed by atoms with Crippen molar-refractivity contribution in [1.82, 2.24) is 24.8 Å². The van der Waals surface area contributed by atoms with Crippen LogP contribution in [0, 0.1) is 6.92 Å². The van der Waals surface area contributed by atoms with Crippen molar-refractivity contribution in [2.24, 2.45) is 0 Å². The Kier molecular flexibility index (Phi) is 3.70. The van der Waals surface area contributed by atoms with Crippen LogP contribution in [-0.2, 0) is 13.1 Å². The maximum Gasteiger partial charge on any atom is 0.229 e. The quantitative estimate of drug-likeness (QED) is 0.849. The predicted molar refractivity (Wildman–Crippen MR) is 81.3 cm³/mol. The lowest BCUT2D eigenvalue weighted by Gasteiger charge is -2.34. The summed E-state index contributed by atoms with van der Waals surface area (Å²) in [5, 5.41) is 8.59. The molecule has 2 aliphatic rings. The highest BCUT2D eigenvalue weighted by Gasteiger charge is 2.30. The van der Waals surface area contributed by atoms with E-state index in [0.717, 1.165) is 31.3 Å². The first-order valence-corrected chi connectivity index (χ1v) is 8.33. The minimum atomic E-state index is 0.510. The fraction of sp³-hybridized carbons (Fsp3) is 0.688. The SMILES string of the molecule is Cc1cnn(CC2CCCCN2Cc2noc(C3CC3)n2)c1. The van der Waals surface area contributed by atoms with Gasteiger partial charge in [0.25, 0.3) is 0 Å². The standard InChI is InChI=1S/C16H23N5O/c1-12-8-17-21(9-12)10-14-4-2-3-7-20(14)11-15-18-16(22-19-15)13-5-6-13/h8-9,13-14H,2-7,10-11H2,1H3. The Balaban J connectivity index is 1.42. The Morgan fingerprint density at radius 3 is 2.95 bits per heavy atom. The molecule has 118 valence electrons. The number of hydrogen-bond donors (Lipinski definition) is 0. The van der Waals surface area contributed by atoms with Gasteiger partial charge in [-0.1, -0.05) is 11.6 Å². The Morgan fingerprint density at radius 1 is 1.27 bits per heavy atom. The third-order valence-electron chi connectivity index (χ3n) is 4.66. The maximum absolute atomic E-state index is 5.38. The van der Waals surface area contributed by atoms with E-state index < -0.39 is 0 Å². The van der Waals surface area contributed by atoms with E-state index in [9.17, 15) is 0 Å². The molecule has 1 unspecified atom stereocenters. The number of nitrogens with zero attached hydrogens (tertiary/aromatic N) is 5. The van der Waals surface area contributed by atoms with Crippen LogP contribution in [0.4, 0.5) is 0 Å². The summed E-state index contributed by atoms with van der Waals surface area (Å²) in [7, 11) is 0. The van der Waals surface area contributed by atoms with Crippen LogP contribution in [0.15, 0.2) is 16.9 Å². The zero-order valence-corrected chi connectivity index (χ0v) is 13.1. The fourth-order valence-electron chi connectivity index (χ4n) is 3.27. The number of aromatic nitrogens is 4. The summed E-state index contributed by atoms with van der Waals surface area (Å²) < 4.78 is 7.44. The average Bonchev–Trinajstić information content (AvgIpc) is 3.13. The Hall–Kier alpha value is -1.69. The average molecular weight is 301 g/mol. The van der Waals surface area contributed by atoms with Crippen LogP contribution < -0.4 is 0 Å². The Bertz CT molecular complexity index is 630. The van der Waals surface area contributed by atoms with E-state index in [1.165, 1.54) is 37.7 Å². The second-order valence-corrected chi connectivity index (χ2v) is 6.68. The van der Waals surface area contributed by atoms with Gasteiger partial charge in [0.2, 0.25) is 5.89 Å². The summed E-state index contributed by atoms with van der Waals surface area (Å²) in [5.74, 6) is 2.21. The molecule has 1 aliphatic heterocycles. The lowest BCUT2D eigenvalue weighted by molar-refractivity contribution is 0.117. The molecule has 4 rings (SSSR count). The van der Waals surface area contributed by atoms with Crippen molar-refractivity contribution in [2.75, 3.05) is 6.54 Å². The molecule has 0 radical (unpaired) electrons. The maximum atomic E-state index is 5.38. The third-order valence-corrected chi connectivity index (χ3v) is 4.66. The number of likely N-dealkylation sites (tertiary alicyclic amines) is 1. The lowest BCUT2D eigenvalue weighted by atomic mass is 10.0. The topological polar surface area (TPSA) is 60.0 Å². The van der Waals surface area contributed by atoms with E-state index in [4.69, 9.17) is 4.52 Å². The molecule has 22 heavy (non-hydrogen) atoms. The first kappa shape index (κ1) is 13.9. The van der Waals surface area contributed by atoms with E-state index in [0.29, 0.717) is 12.0 Å². The predicted octanol–water partition coefficient (Wildman–Crippen LogP) is 2.51. The van der Waals surface area contributed by atoms with E-state index in [-0.39, 0.29) is 0 Å². The van der Waals surface area contributed by atoms with Gasteiger partial charge in [0.1, 0.15) is 0 Å². The smallest absolute Gasteiger partial charge is 0.229 e. The molecule has 6 heteroatoms. The zero-order valence-electron chi connectivity index (χ0n) is 13.1. The largest absolute Gasteiger partial charge is 0.339 e. The van der Waals surface area contributed by atoms with E-state index in [1.54, 1.807) is 0 Å². The molecule has 0 spiro atoms. The van der Waals surface area contributed by atoms with E-state index >= 15 is 0 Å². The first-order chi connectivity index (χ1) is 10.8.